The van der Waals surface area contributed by atoms with E-state index in [-0.39, 0.29) is 12.2 Å². The van der Waals surface area contributed by atoms with Crippen LogP contribution in [0.3, 0.4) is 0 Å². The number of esters is 1. The van der Waals surface area contributed by atoms with Crippen molar-refractivity contribution in [3.8, 4) is 0 Å². The Morgan fingerprint density at radius 1 is 1.33 bits per heavy atom. The fourth-order valence-electron chi connectivity index (χ4n) is 1.42. The van der Waals surface area contributed by atoms with Gasteiger partial charge in [-0.15, -0.1) is 0 Å². The monoisotopic (exact) mass is 213 g/mol. The minimum atomic E-state index is -0.291. The van der Waals surface area contributed by atoms with Crippen molar-refractivity contribution in [2.45, 2.75) is 46.8 Å². The first-order valence-electron chi connectivity index (χ1n) is 5.67. The predicted molar refractivity (Wildman–Crippen MR) is 62.5 cm³/mol. The molecule has 0 bridgehead atoms. The molecule has 3 heteroatoms. The number of carbonyl (C=O) groups is 1. The highest BCUT2D eigenvalue weighted by Crippen LogP contribution is 2.10. The van der Waals surface area contributed by atoms with Crippen molar-refractivity contribution in [1.29, 1.82) is 0 Å². The first-order valence-corrected chi connectivity index (χ1v) is 5.67. The third-order valence-electron chi connectivity index (χ3n) is 2.35. The second kappa shape index (κ2) is 7.46. The first-order chi connectivity index (χ1) is 7.06. The summed E-state index contributed by atoms with van der Waals surface area (Å²) in [4.78, 5) is 13.6. The Labute approximate surface area is 93.1 Å². The van der Waals surface area contributed by atoms with Crippen molar-refractivity contribution in [3.63, 3.8) is 0 Å². The summed E-state index contributed by atoms with van der Waals surface area (Å²) in [6, 6.07) is 0. The molecule has 3 nitrogen and oxygen atoms in total. The lowest BCUT2D eigenvalue weighted by Gasteiger charge is -2.28. The Kier molecular flexibility index (Phi) is 7.05. The second-order valence-electron chi connectivity index (χ2n) is 3.65. The molecule has 15 heavy (non-hydrogen) atoms. The molecule has 1 atom stereocenters. The molecule has 0 aliphatic heterocycles. The Morgan fingerprint density at radius 3 is 2.20 bits per heavy atom. The highest BCUT2D eigenvalue weighted by molar-refractivity contribution is 5.87. The number of ether oxygens (including phenoxy) is 1. The van der Waals surface area contributed by atoms with E-state index < -0.39 is 0 Å². The average Bonchev–Trinajstić information content (AvgIpc) is 2.19. The maximum atomic E-state index is 11.4. The van der Waals surface area contributed by atoms with Gasteiger partial charge in [-0.05, 0) is 26.4 Å². The largest absolute Gasteiger partial charge is 0.443 e. The van der Waals surface area contributed by atoms with Gasteiger partial charge in [0.1, 0.15) is 0 Å². The molecule has 0 aliphatic rings. The maximum absolute atomic E-state index is 11.4. The molecule has 1 unspecified atom stereocenters. The Balaban J connectivity index is 4.37. The van der Waals surface area contributed by atoms with Gasteiger partial charge in [0.25, 0.3) is 0 Å². The van der Waals surface area contributed by atoms with Crippen LogP contribution in [-0.4, -0.2) is 30.2 Å². The van der Waals surface area contributed by atoms with E-state index in [9.17, 15) is 4.79 Å². The maximum Gasteiger partial charge on any atom is 0.334 e. The van der Waals surface area contributed by atoms with Gasteiger partial charge in [0, 0.05) is 5.57 Å². The number of hydrogen-bond acceptors (Lipinski definition) is 3. The molecule has 0 rings (SSSR count). The summed E-state index contributed by atoms with van der Waals surface area (Å²) in [6.45, 7) is 13.3. The van der Waals surface area contributed by atoms with Crippen LogP contribution >= 0.6 is 0 Å². The SMILES string of the molecule is C=C(C)C(=O)OC(CCC)N(CC)CC. The van der Waals surface area contributed by atoms with Crippen molar-refractivity contribution < 1.29 is 9.53 Å². The molecule has 0 aromatic heterocycles. The summed E-state index contributed by atoms with van der Waals surface area (Å²) in [5, 5.41) is 0. The van der Waals surface area contributed by atoms with Gasteiger partial charge in [0.05, 0.1) is 0 Å². The summed E-state index contributed by atoms with van der Waals surface area (Å²) in [5.41, 5.74) is 0.461. The van der Waals surface area contributed by atoms with Gasteiger partial charge < -0.3 is 4.74 Å². The predicted octanol–water partition coefficient (Wildman–Crippen LogP) is 2.57. The van der Waals surface area contributed by atoms with E-state index in [1.54, 1.807) is 6.92 Å². The van der Waals surface area contributed by atoms with E-state index in [2.05, 4.69) is 32.3 Å². The summed E-state index contributed by atoms with van der Waals surface area (Å²) in [6.07, 6.45) is 1.78. The fraction of sp³-hybridized carbons (Fsp3) is 0.750. The fourth-order valence-corrected chi connectivity index (χ4v) is 1.42. The molecule has 0 saturated heterocycles. The van der Waals surface area contributed by atoms with Crippen LogP contribution in [0.2, 0.25) is 0 Å². The van der Waals surface area contributed by atoms with Gasteiger partial charge >= 0.3 is 5.97 Å². The van der Waals surface area contributed by atoms with Crippen LogP contribution in [0.15, 0.2) is 12.2 Å². The van der Waals surface area contributed by atoms with Crippen LogP contribution in [0.5, 0.6) is 0 Å². The molecule has 0 saturated carbocycles. The third kappa shape index (κ3) is 4.98. The summed E-state index contributed by atoms with van der Waals surface area (Å²) < 4.78 is 5.38. The minimum Gasteiger partial charge on any atom is -0.443 e. The smallest absolute Gasteiger partial charge is 0.334 e. The zero-order chi connectivity index (χ0) is 11.8. The zero-order valence-electron chi connectivity index (χ0n) is 10.4. The van der Waals surface area contributed by atoms with Crippen molar-refractivity contribution in [1.82, 2.24) is 4.90 Å². The summed E-state index contributed by atoms with van der Waals surface area (Å²) in [5.74, 6) is -0.291. The van der Waals surface area contributed by atoms with Gasteiger partial charge in [-0.3, -0.25) is 4.90 Å². The number of rotatable bonds is 7. The van der Waals surface area contributed by atoms with Crippen LogP contribution in [0.25, 0.3) is 0 Å². The Bertz CT molecular complexity index is 210. The molecule has 0 fully saturated rings. The molecule has 0 aromatic rings. The van der Waals surface area contributed by atoms with Crippen molar-refractivity contribution >= 4 is 5.97 Å². The molecule has 0 aliphatic carbocycles. The zero-order valence-corrected chi connectivity index (χ0v) is 10.4. The molecule has 0 radical (unpaired) electrons. The lowest BCUT2D eigenvalue weighted by molar-refractivity contribution is -0.154. The molecule has 0 amide bonds. The van der Waals surface area contributed by atoms with Crippen LogP contribution in [-0.2, 0) is 9.53 Å². The van der Waals surface area contributed by atoms with E-state index in [0.717, 1.165) is 25.9 Å². The molecule has 0 N–H and O–H groups in total. The van der Waals surface area contributed by atoms with Crippen molar-refractivity contribution in [2.75, 3.05) is 13.1 Å². The van der Waals surface area contributed by atoms with Gasteiger partial charge in [-0.25, -0.2) is 4.79 Å². The molecular weight excluding hydrogens is 190 g/mol. The molecule has 0 heterocycles. The first kappa shape index (κ1) is 14.2. The van der Waals surface area contributed by atoms with Gasteiger partial charge in [0.15, 0.2) is 6.23 Å². The van der Waals surface area contributed by atoms with E-state index in [1.165, 1.54) is 0 Å². The number of carbonyl (C=O) groups excluding carboxylic acids is 1. The quantitative estimate of drug-likeness (QED) is 0.370. The van der Waals surface area contributed by atoms with Crippen molar-refractivity contribution in [3.05, 3.63) is 12.2 Å². The summed E-state index contributed by atoms with van der Waals surface area (Å²) >= 11 is 0. The van der Waals surface area contributed by atoms with Crippen LogP contribution in [0.4, 0.5) is 0 Å². The van der Waals surface area contributed by atoms with Gasteiger partial charge in [-0.2, -0.15) is 0 Å². The van der Waals surface area contributed by atoms with Crippen LogP contribution < -0.4 is 0 Å². The molecule has 0 aromatic carbocycles. The average molecular weight is 213 g/mol. The van der Waals surface area contributed by atoms with Crippen LogP contribution in [0.1, 0.15) is 40.5 Å². The Morgan fingerprint density at radius 2 is 1.87 bits per heavy atom. The molecule has 88 valence electrons. The lowest BCUT2D eigenvalue weighted by Crippen LogP contribution is -2.38. The van der Waals surface area contributed by atoms with E-state index in [4.69, 9.17) is 4.74 Å². The highest BCUT2D eigenvalue weighted by atomic mass is 16.6. The summed E-state index contributed by atoms with van der Waals surface area (Å²) in [7, 11) is 0. The van der Waals surface area contributed by atoms with E-state index in [0.29, 0.717) is 5.57 Å². The van der Waals surface area contributed by atoms with E-state index in [1.807, 2.05) is 0 Å². The highest BCUT2D eigenvalue weighted by Gasteiger charge is 2.19. The normalized spacial score (nSPS) is 12.6. The lowest BCUT2D eigenvalue weighted by atomic mass is 10.2. The molecule has 0 spiro atoms. The second-order valence-corrected chi connectivity index (χ2v) is 3.65. The van der Waals surface area contributed by atoms with Gasteiger partial charge in [0.2, 0.25) is 0 Å². The van der Waals surface area contributed by atoms with E-state index >= 15 is 0 Å². The van der Waals surface area contributed by atoms with Gasteiger partial charge in [-0.1, -0.05) is 33.8 Å². The molecular formula is C12H23NO2. The minimum absolute atomic E-state index is 0.103. The number of hydrogen-bond donors (Lipinski definition) is 0. The Hall–Kier alpha value is -0.830. The topological polar surface area (TPSA) is 29.5 Å². The third-order valence-corrected chi connectivity index (χ3v) is 2.35. The standard InChI is InChI=1S/C12H23NO2/c1-6-9-11(13(7-2)8-3)15-12(14)10(4)5/h11H,4,6-9H2,1-3,5H3. The number of nitrogens with zero attached hydrogens (tertiary/aromatic N) is 1. The van der Waals surface area contributed by atoms with Crippen LogP contribution in [0, 0.1) is 0 Å². The van der Waals surface area contributed by atoms with Crippen molar-refractivity contribution in [2.24, 2.45) is 0 Å².